The van der Waals surface area contributed by atoms with Crippen molar-refractivity contribution >= 4 is 96.2 Å². The summed E-state index contributed by atoms with van der Waals surface area (Å²) in [7, 11) is 0. The Kier molecular flexibility index (Phi) is 8.14. The molecule has 0 amide bonds. The number of halogens is 2. The average molecular weight is 890 g/mol. The van der Waals surface area contributed by atoms with Crippen molar-refractivity contribution in [3.05, 3.63) is 205 Å². The van der Waals surface area contributed by atoms with E-state index in [0.717, 1.165) is 84.4 Å². The Morgan fingerprint density at radius 3 is 1.68 bits per heavy atom. The topological polar surface area (TPSA) is 46.8 Å². The average Bonchev–Trinajstić information content (AvgIpc) is 4.10. The first-order valence-electron chi connectivity index (χ1n) is 21.9. The van der Waals surface area contributed by atoms with Gasteiger partial charge in [0.2, 0.25) is 5.95 Å². The van der Waals surface area contributed by atoms with Crippen LogP contribution in [0.15, 0.2) is 188 Å². The highest BCUT2D eigenvalue weighted by molar-refractivity contribution is 7.26. The van der Waals surface area contributed by atoms with Crippen molar-refractivity contribution in [2.24, 2.45) is 0 Å². The van der Waals surface area contributed by atoms with Crippen molar-refractivity contribution in [3.8, 4) is 39.9 Å². The van der Waals surface area contributed by atoms with Crippen molar-refractivity contribution in [2.75, 3.05) is 4.90 Å². The SMILES string of the molecule is Fc1ccc2sc3ccc(-c4nc(-c5ccc6sc7ccc(F)cc7c6c5)nc(-n5c6ccccc6c6cc(-c7ccc8c(c7)C7C=CC=CC7N8c7ccccc7)ccc65)n4)cc3c2c1. The lowest BCUT2D eigenvalue weighted by atomic mass is 9.89. The third-order valence-electron chi connectivity index (χ3n) is 13.3. The molecule has 312 valence electrons. The van der Waals surface area contributed by atoms with Crippen LogP contribution >= 0.6 is 22.7 Å². The summed E-state index contributed by atoms with van der Waals surface area (Å²) < 4.78 is 35.5. The normalized spacial score (nSPS) is 15.6. The minimum atomic E-state index is -0.276. The Hall–Kier alpha value is -7.85. The number of para-hydroxylation sites is 2. The van der Waals surface area contributed by atoms with Crippen molar-refractivity contribution < 1.29 is 8.78 Å². The molecule has 0 radical (unpaired) electrons. The molecular weight excluding hydrogens is 857 g/mol. The van der Waals surface area contributed by atoms with E-state index in [1.807, 2.05) is 30.3 Å². The zero-order chi connectivity index (χ0) is 43.6. The number of rotatable bonds is 5. The van der Waals surface area contributed by atoms with E-state index < -0.39 is 0 Å². The third kappa shape index (κ3) is 5.76. The predicted molar refractivity (Wildman–Crippen MR) is 270 cm³/mol. The van der Waals surface area contributed by atoms with Gasteiger partial charge in [-0.15, -0.1) is 22.7 Å². The molecule has 2 aliphatic rings. The van der Waals surface area contributed by atoms with Gasteiger partial charge < -0.3 is 4.90 Å². The summed E-state index contributed by atoms with van der Waals surface area (Å²) in [4.78, 5) is 18.2. The molecule has 5 heterocycles. The van der Waals surface area contributed by atoms with Crippen molar-refractivity contribution in [1.82, 2.24) is 19.5 Å². The van der Waals surface area contributed by atoms with Gasteiger partial charge in [0.05, 0.1) is 17.1 Å². The number of thiophene rings is 2. The molecule has 2 atom stereocenters. The zero-order valence-corrected chi connectivity index (χ0v) is 36.5. The number of fused-ring (bicyclic) bond motifs is 12. The Morgan fingerprint density at radius 2 is 0.985 bits per heavy atom. The smallest absolute Gasteiger partial charge is 0.238 e. The number of aromatic nitrogens is 4. The fourth-order valence-electron chi connectivity index (χ4n) is 10.3. The van der Waals surface area contributed by atoms with Crippen molar-refractivity contribution in [3.63, 3.8) is 0 Å². The molecule has 0 spiro atoms. The van der Waals surface area contributed by atoms with E-state index in [9.17, 15) is 8.78 Å². The number of hydrogen-bond donors (Lipinski definition) is 0. The van der Waals surface area contributed by atoms with E-state index in [1.54, 1.807) is 34.8 Å². The number of anilines is 2. The fourth-order valence-corrected chi connectivity index (χ4v) is 12.4. The van der Waals surface area contributed by atoms with E-state index in [0.29, 0.717) is 17.6 Å². The van der Waals surface area contributed by atoms with Crippen molar-refractivity contribution in [2.45, 2.75) is 12.0 Å². The molecule has 4 aromatic heterocycles. The second-order valence-corrected chi connectivity index (χ2v) is 19.2. The lowest BCUT2D eigenvalue weighted by Gasteiger charge is -2.28. The summed E-state index contributed by atoms with van der Waals surface area (Å²) in [5, 5.41) is 5.76. The molecule has 0 bridgehead atoms. The molecule has 0 N–H and O–H groups in total. The molecule has 0 fully saturated rings. The first-order chi connectivity index (χ1) is 32.5. The lowest BCUT2D eigenvalue weighted by molar-refractivity contribution is 0.629. The van der Waals surface area contributed by atoms with Gasteiger partial charge in [0.25, 0.3) is 0 Å². The lowest BCUT2D eigenvalue weighted by Crippen LogP contribution is -2.28. The predicted octanol–water partition coefficient (Wildman–Crippen LogP) is 15.7. The van der Waals surface area contributed by atoms with Gasteiger partial charge in [0.1, 0.15) is 11.6 Å². The first-order valence-corrected chi connectivity index (χ1v) is 23.5. The minimum absolute atomic E-state index is 0.210. The Balaban J connectivity index is 0.952. The van der Waals surface area contributed by atoms with Crippen LogP contribution in [0.25, 0.3) is 102 Å². The summed E-state index contributed by atoms with van der Waals surface area (Å²) in [5.41, 5.74) is 9.50. The van der Waals surface area contributed by atoms with Gasteiger partial charge in [-0.2, -0.15) is 9.97 Å². The van der Waals surface area contributed by atoms with Gasteiger partial charge in [-0.3, -0.25) is 4.57 Å². The van der Waals surface area contributed by atoms with Crippen LogP contribution < -0.4 is 4.90 Å². The maximum atomic E-state index is 14.6. The quantitative estimate of drug-likeness (QED) is 0.173. The van der Waals surface area contributed by atoms with Gasteiger partial charge in [0, 0.05) is 79.5 Å². The molecule has 66 heavy (non-hydrogen) atoms. The monoisotopic (exact) mass is 889 g/mol. The minimum Gasteiger partial charge on any atom is -0.333 e. The number of nitrogens with zero attached hydrogens (tertiary/aromatic N) is 5. The molecule has 14 rings (SSSR count). The highest BCUT2D eigenvalue weighted by Crippen LogP contribution is 2.49. The van der Waals surface area contributed by atoms with E-state index in [2.05, 4.69) is 143 Å². The largest absolute Gasteiger partial charge is 0.333 e. The molecule has 0 saturated heterocycles. The molecule has 5 nitrogen and oxygen atoms in total. The van der Waals surface area contributed by atoms with E-state index in [4.69, 9.17) is 15.0 Å². The summed E-state index contributed by atoms with van der Waals surface area (Å²) in [6, 6.07) is 55.0. The van der Waals surface area contributed by atoms with Crippen LogP contribution in [0.4, 0.5) is 20.2 Å². The van der Waals surface area contributed by atoms with Crippen molar-refractivity contribution in [1.29, 1.82) is 0 Å². The van der Waals surface area contributed by atoms with Crippen LogP contribution in [0.1, 0.15) is 11.5 Å². The van der Waals surface area contributed by atoms with E-state index in [1.165, 1.54) is 29.1 Å². The maximum Gasteiger partial charge on any atom is 0.238 e. The van der Waals surface area contributed by atoms with Crippen LogP contribution in [0.2, 0.25) is 0 Å². The molecule has 1 aliphatic heterocycles. The zero-order valence-electron chi connectivity index (χ0n) is 34.9. The molecular formula is C57H33F2N5S2. The highest BCUT2D eigenvalue weighted by Gasteiger charge is 2.37. The molecule has 8 aromatic carbocycles. The van der Waals surface area contributed by atoms with E-state index in [-0.39, 0.29) is 23.6 Å². The standard InChI is InChI=1S/C57H33F2N5S2/c58-36-18-24-53-45(30-36)43-28-34(16-22-51(43)65-53)55-60-56(35-17-23-52-44(29-35)46-31-37(59)19-25-54(46)66-52)62-57(61-55)64-48-13-7-5-11-40(48)42-27-33(15-21-50(42)64)32-14-20-49-41(26-32)39-10-4-6-12-47(39)63(49)38-8-2-1-3-9-38/h1-31,39,47H. The van der Waals surface area contributed by atoms with E-state index >= 15 is 0 Å². The number of allylic oxidation sites excluding steroid dienone is 2. The van der Waals surface area contributed by atoms with Gasteiger partial charge in [-0.25, -0.2) is 13.8 Å². The summed E-state index contributed by atoms with van der Waals surface area (Å²) >= 11 is 3.27. The Labute approximate surface area is 384 Å². The molecule has 9 heteroatoms. The Bertz CT molecular complexity index is 3930. The van der Waals surface area contributed by atoms with Gasteiger partial charge in [0.15, 0.2) is 11.6 Å². The van der Waals surface area contributed by atoms with Crippen LogP contribution in [-0.2, 0) is 0 Å². The summed E-state index contributed by atoms with van der Waals surface area (Å²) in [6.07, 6.45) is 8.96. The molecule has 0 saturated carbocycles. The second kappa shape index (κ2) is 14.3. The number of benzene rings is 8. The second-order valence-electron chi connectivity index (χ2n) is 17.0. The molecule has 12 aromatic rings. The third-order valence-corrected chi connectivity index (χ3v) is 15.6. The van der Waals surface area contributed by atoms with Gasteiger partial charge in [-0.05, 0) is 132 Å². The summed E-state index contributed by atoms with van der Waals surface area (Å²) in [6.45, 7) is 0. The van der Waals surface area contributed by atoms with Crippen LogP contribution in [-0.4, -0.2) is 25.6 Å². The van der Waals surface area contributed by atoms with Crippen LogP contribution in [0.3, 0.4) is 0 Å². The van der Waals surface area contributed by atoms with Gasteiger partial charge >= 0.3 is 0 Å². The summed E-state index contributed by atoms with van der Waals surface area (Å²) in [5.74, 6) is 1.14. The van der Waals surface area contributed by atoms with Gasteiger partial charge in [-0.1, -0.05) is 72.8 Å². The first kappa shape index (κ1) is 37.5. The Morgan fingerprint density at radius 1 is 0.439 bits per heavy atom. The molecule has 2 unspecified atom stereocenters. The number of hydrogen-bond acceptors (Lipinski definition) is 6. The highest BCUT2D eigenvalue weighted by atomic mass is 32.1. The maximum absolute atomic E-state index is 14.6. The molecule has 1 aliphatic carbocycles. The fraction of sp³-hybridized carbons (Fsp3) is 0.0351. The van der Waals surface area contributed by atoms with Crippen LogP contribution in [0.5, 0.6) is 0 Å². The van der Waals surface area contributed by atoms with Crippen LogP contribution in [0, 0.1) is 11.6 Å².